The van der Waals surface area contributed by atoms with Gasteiger partial charge in [-0.25, -0.2) is 0 Å². The molecule has 106 valence electrons. The minimum absolute atomic E-state index is 0.222. The first-order valence-corrected chi connectivity index (χ1v) is 7.35. The Morgan fingerprint density at radius 1 is 0.722 bits per heavy atom. The van der Waals surface area contributed by atoms with Gasteiger partial charge in [-0.1, -0.05) is 25.7 Å². The van der Waals surface area contributed by atoms with Gasteiger partial charge in [0.1, 0.15) is 12.2 Å². The van der Waals surface area contributed by atoms with Gasteiger partial charge >= 0.3 is 0 Å². The van der Waals surface area contributed by atoms with E-state index < -0.39 is 12.2 Å². The van der Waals surface area contributed by atoms with Gasteiger partial charge in [0.05, 0.1) is 25.4 Å². The minimum atomic E-state index is -0.827. The molecule has 2 saturated carbocycles. The molecule has 0 aromatic rings. The summed E-state index contributed by atoms with van der Waals surface area (Å²) in [5, 5.41) is 19.6. The van der Waals surface area contributed by atoms with E-state index in [4.69, 9.17) is 9.47 Å². The summed E-state index contributed by atoms with van der Waals surface area (Å²) in [5.74, 6) is 0. The number of aliphatic hydroxyl groups excluding tert-OH is 2. The first-order valence-electron chi connectivity index (χ1n) is 7.35. The SMILES string of the molecule is O[C@@H](COC1CCCC1)[C@@H](O)COC1CCCC1. The van der Waals surface area contributed by atoms with Crippen LogP contribution in [0.5, 0.6) is 0 Å². The standard InChI is InChI=1S/C14H26O4/c15-13(9-17-11-5-1-2-6-11)14(16)10-18-12-7-3-4-8-12/h11-16H,1-10H2/t13-,14-/m0/s1. The number of ether oxygens (including phenoxy) is 2. The molecule has 4 nitrogen and oxygen atoms in total. The predicted octanol–water partition coefficient (Wildman–Crippen LogP) is 1.63. The van der Waals surface area contributed by atoms with Crippen LogP contribution in [-0.2, 0) is 9.47 Å². The van der Waals surface area contributed by atoms with Crippen molar-refractivity contribution in [2.24, 2.45) is 0 Å². The maximum atomic E-state index is 9.80. The summed E-state index contributed by atoms with van der Waals surface area (Å²) in [6, 6.07) is 0. The highest BCUT2D eigenvalue weighted by molar-refractivity contribution is 4.72. The van der Waals surface area contributed by atoms with Gasteiger partial charge in [0.2, 0.25) is 0 Å². The van der Waals surface area contributed by atoms with Gasteiger partial charge in [-0.05, 0) is 25.7 Å². The third-order valence-electron chi connectivity index (χ3n) is 4.05. The lowest BCUT2D eigenvalue weighted by Crippen LogP contribution is -2.36. The number of rotatable bonds is 7. The molecule has 18 heavy (non-hydrogen) atoms. The highest BCUT2D eigenvalue weighted by Gasteiger charge is 2.23. The first-order chi connectivity index (χ1) is 8.75. The maximum absolute atomic E-state index is 9.80. The van der Waals surface area contributed by atoms with E-state index in [0.717, 1.165) is 25.7 Å². The van der Waals surface area contributed by atoms with Gasteiger partial charge in [0, 0.05) is 0 Å². The second-order valence-electron chi connectivity index (χ2n) is 5.61. The van der Waals surface area contributed by atoms with Crippen LogP contribution in [0.3, 0.4) is 0 Å². The molecule has 0 saturated heterocycles. The Kier molecular flexibility index (Phi) is 5.89. The predicted molar refractivity (Wildman–Crippen MR) is 68.4 cm³/mol. The van der Waals surface area contributed by atoms with Crippen molar-refractivity contribution in [3.63, 3.8) is 0 Å². The maximum Gasteiger partial charge on any atom is 0.105 e. The number of hydrogen-bond acceptors (Lipinski definition) is 4. The monoisotopic (exact) mass is 258 g/mol. The average molecular weight is 258 g/mol. The summed E-state index contributed by atoms with van der Waals surface area (Å²) in [6.07, 6.45) is 8.11. The van der Waals surface area contributed by atoms with Crippen LogP contribution in [0.25, 0.3) is 0 Å². The topological polar surface area (TPSA) is 58.9 Å². The normalized spacial score (nSPS) is 25.7. The van der Waals surface area contributed by atoms with E-state index in [1.807, 2.05) is 0 Å². The van der Waals surface area contributed by atoms with Gasteiger partial charge in [-0.2, -0.15) is 0 Å². The van der Waals surface area contributed by atoms with Crippen molar-refractivity contribution in [3.8, 4) is 0 Å². The lowest BCUT2D eigenvalue weighted by atomic mass is 10.2. The van der Waals surface area contributed by atoms with E-state index in [2.05, 4.69) is 0 Å². The van der Waals surface area contributed by atoms with E-state index in [0.29, 0.717) is 0 Å². The van der Waals surface area contributed by atoms with Crippen LogP contribution in [0, 0.1) is 0 Å². The zero-order valence-corrected chi connectivity index (χ0v) is 11.1. The van der Waals surface area contributed by atoms with Crippen molar-refractivity contribution in [1.82, 2.24) is 0 Å². The van der Waals surface area contributed by atoms with Crippen LogP contribution in [-0.4, -0.2) is 47.8 Å². The highest BCUT2D eigenvalue weighted by Crippen LogP contribution is 2.22. The van der Waals surface area contributed by atoms with Gasteiger partial charge in [-0.3, -0.25) is 0 Å². The Labute approximate surface area is 109 Å². The second kappa shape index (κ2) is 7.43. The number of hydrogen-bond donors (Lipinski definition) is 2. The minimum Gasteiger partial charge on any atom is -0.388 e. The van der Waals surface area contributed by atoms with Gasteiger partial charge in [0.25, 0.3) is 0 Å². The average Bonchev–Trinajstić information content (AvgIpc) is 3.05. The van der Waals surface area contributed by atoms with Gasteiger partial charge < -0.3 is 19.7 Å². The molecule has 0 unspecified atom stereocenters. The second-order valence-corrected chi connectivity index (χ2v) is 5.61. The van der Waals surface area contributed by atoms with E-state index in [1.54, 1.807) is 0 Å². The smallest absolute Gasteiger partial charge is 0.105 e. The zero-order valence-electron chi connectivity index (χ0n) is 11.1. The lowest BCUT2D eigenvalue weighted by molar-refractivity contribution is -0.0940. The van der Waals surface area contributed by atoms with Crippen molar-refractivity contribution in [2.45, 2.75) is 75.8 Å². The Hall–Kier alpha value is -0.160. The van der Waals surface area contributed by atoms with Crippen molar-refractivity contribution >= 4 is 0 Å². The molecule has 0 aromatic carbocycles. The van der Waals surface area contributed by atoms with Crippen LogP contribution < -0.4 is 0 Å². The van der Waals surface area contributed by atoms with E-state index >= 15 is 0 Å². The zero-order chi connectivity index (χ0) is 12.8. The molecule has 0 heterocycles. The molecule has 2 rings (SSSR count). The van der Waals surface area contributed by atoms with Crippen molar-refractivity contribution in [2.75, 3.05) is 13.2 Å². The molecule has 0 aliphatic heterocycles. The molecule has 2 aliphatic carbocycles. The van der Waals surface area contributed by atoms with Crippen molar-refractivity contribution in [3.05, 3.63) is 0 Å². The fourth-order valence-electron chi connectivity index (χ4n) is 2.80. The third kappa shape index (κ3) is 4.50. The molecule has 4 heteroatoms. The Bertz CT molecular complexity index is 198. The molecular weight excluding hydrogens is 232 g/mol. The van der Waals surface area contributed by atoms with E-state index in [1.165, 1.54) is 25.7 Å². The summed E-state index contributed by atoms with van der Waals surface area (Å²) < 4.78 is 11.2. The fraction of sp³-hybridized carbons (Fsp3) is 1.00. The molecule has 2 aliphatic rings. The summed E-state index contributed by atoms with van der Waals surface area (Å²) in [4.78, 5) is 0. The lowest BCUT2D eigenvalue weighted by Gasteiger charge is -2.21. The molecule has 2 atom stereocenters. The van der Waals surface area contributed by atoms with Gasteiger partial charge in [0.15, 0.2) is 0 Å². The van der Waals surface area contributed by atoms with Crippen molar-refractivity contribution in [1.29, 1.82) is 0 Å². The first kappa shape index (κ1) is 14.3. The quantitative estimate of drug-likeness (QED) is 0.728. The van der Waals surface area contributed by atoms with Crippen molar-refractivity contribution < 1.29 is 19.7 Å². The van der Waals surface area contributed by atoms with Crippen LogP contribution in [0.4, 0.5) is 0 Å². The Morgan fingerprint density at radius 2 is 1.06 bits per heavy atom. The molecule has 2 fully saturated rings. The van der Waals surface area contributed by atoms with Gasteiger partial charge in [-0.15, -0.1) is 0 Å². The summed E-state index contributed by atoms with van der Waals surface area (Å²) in [7, 11) is 0. The van der Waals surface area contributed by atoms with Crippen LogP contribution in [0.2, 0.25) is 0 Å². The third-order valence-corrected chi connectivity index (χ3v) is 4.05. The van der Waals surface area contributed by atoms with Crippen LogP contribution in [0.15, 0.2) is 0 Å². The molecular formula is C14H26O4. The summed E-state index contributed by atoms with van der Waals surface area (Å²) in [6.45, 7) is 0.444. The Balaban J connectivity index is 1.56. The molecule has 0 bridgehead atoms. The molecule has 0 radical (unpaired) electrons. The Morgan fingerprint density at radius 3 is 1.39 bits per heavy atom. The summed E-state index contributed by atoms with van der Waals surface area (Å²) in [5.41, 5.74) is 0. The highest BCUT2D eigenvalue weighted by atomic mass is 16.5. The molecule has 2 N–H and O–H groups in total. The molecule has 0 spiro atoms. The fourth-order valence-corrected chi connectivity index (χ4v) is 2.80. The summed E-state index contributed by atoms with van der Waals surface area (Å²) >= 11 is 0. The molecule has 0 aromatic heterocycles. The largest absolute Gasteiger partial charge is 0.388 e. The van der Waals surface area contributed by atoms with E-state index in [-0.39, 0.29) is 25.4 Å². The molecule has 0 amide bonds. The van der Waals surface area contributed by atoms with Crippen LogP contribution in [0.1, 0.15) is 51.4 Å². The van der Waals surface area contributed by atoms with Crippen LogP contribution >= 0.6 is 0 Å². The number of aliphatic hydroxyl groups is 2. The van der Waals surface area contributed by atoms with E-state index in [9.17, 15) is 10.2 Å².